The summed E-state index contributed by atoms with van der Waals surface area (Å²) in [6, 6.07) is 0. The van der Waals surface area contributed by atoms with Gasteiger partial charge in [0.2, 0.25) is 5.95 Å². The van der Waals surface area contributed by atoms with Crippen molar-refractivity contribution in [2.75, 3.05) is 24.2 Å². The fraction of sp³-hybridized carbons (Fsp3) is 0.583. The summed E-state index contributed by atoms with van der Waals surface area (Å²) in [6.45, 7) is 3.83. The van der Waals surface area contributed by atoms with E-state index in [1.54, 1.807) is 6.20 Å². The maximum Gasteiger partial charge on any atom is 0.224 e. The highest BCUT2D eigenvalue weighted by atomic mass is 16.5. The van der Waals surface area contributed by atoms with Crippen molar-refractivity contribution in [2.24, 2.45) is 5.92 Å². The number of aromatic amines is 1. The summed E-state index contributed by atoms with van der Waals surface area (Å²) in [5.74, 6) is 1.50. The second-order valence-corrected chi connectivity index (χ2v) is 4.81. The van der Waals surface area contributed by atoms with Gasteiger partial charge in [-0.25, -0.2) is 0 Å². The van der Waals surface area contributed by atoms with Gasteiger partial charge in [0.05, 0.1) is 17.7 Å². The summed E-state index contributed by atoms with van der Waals surface area (Å²) in [6.07, 6.45) is 4.17. The molecule has 1 aliphatic heterocycles. The number of hydrogen-bond donors (Lipinski definition) is 3. The van der Waals surface area contributed by atoms with E-state index >= 15 is 0 Å². The first-order valence-electron chi connectivity index (χ1n) is 6.60. The highest BCUT2D eigenvalue weighted by molar-refractivity contribution is 5.86. The second kappa shape index (κ2) is 5.00. The highest BCUT2D eigenvalue weighted by Gasteiger charge is 2.26. The lowest BCUT2D eigenvalue weighted by Crippen LogP contribution is -2.23. The lowest BCUT2D eigenvalue weighted by Gasteiger charge is -2.17. The van der Waals surface area contributed by atoms with Gasteiger partial charge in [0.1, 0.15) is 5.82 Å². The van der Waals surface area contributed by atoms with Crippen molar-refractivity contribution in [3.8, 4) is 0 Å². The maximum atomic E-state index is 5.69. The molecule has 0 bridgehead atoms. The Morgan fingerprint density at radius 2 is 2.42 bits per heavy atom. The molecule has 19 heavy (non-hydrogen) atoms. The largest absolute Gasteiger partial charge is 0.378 e. The molecule has 0 aromatic carbocycles. The van der Waals surface area contributed by atoms with Gasteiger partial charge in [-0.05, 0) is 12.8 Å². The van der Waals surface area contributed by atoms with Crippen LogP contribution in [0.15, 0.2) is 6.20 Å². The monoisotopic (exact) mass is 262 g/mol. The zero-order chi connectivity index (χ0) is 13.2. The van der Waals surface area contributed by atoms with Gasteiger partial charge in [0.25, 0.3) is 0 Å². The van der Waals surface area contributed by atoms with Crippen LogP contribution in [0.3, 0.4) is 0 Å². The van der Waals surface area contributed by atoms with Gasteiger partial charge in [-0.2, -0.15) is 15.1 Å². The Balaban J connectivity index is 1.76. The number of hydrogen-bond acceptors (Lipinski definition) is 6. The van der Waals surface area contributed by atoms with E-state index in [4.69, 9.17) is 10.5 Å². The summed E-state index contributed by atoms with van der Waals surface area (Å²) in [7, 11) is 0. The maximum absolute atomic E-state index is 5.69. The molecule has 4 N–H and O–H groups in total. The SMILES string of the molecule is CCC1OCCC1CNc1nc(N)nc2[nH]ncc12. The Labute approximate surface area is 111 Å². The van der Waals surface area contributed by atoms with Crippen LogP contribution in [0.5, 0.6) is 0 Å². The smallest absolute Gasteiger partial charge is 0.224 e. The fourth-order valence-electron chi connectivity index (χ4n) is 2.59. The molecule has 1 fully saturated rings. The quantitative estimate of drug-likeness (QED) is 0.764. The Kier molecular flexibility index (Phi) is 3.20. The molecule has 3 heterocycles. The number of anilines is 2. The van der Waals surface area contributed by atoms with E-state index in [2.05, 4.69) is 32.4 Å². The van der Waals surface area contributed by atoms with Crippen molar-refractivity contribution >= 4 is 22.8 Å². The number of nitrogen functional groups attached to an aromatic ring is 1. The number of aromatic nitrogens is 4. The minimum absolute atomic E-state index is 0.244. The van der Waals surface area contributed by atoms with E-state index < -0.39 is 0 Å². The molecular weight excluding hydrogens is 244 g/mol. The van der Waals surface area contributed by atoms with Gasteiger partial charge >= 0.3 is 0 Å². The molecule has 3 rings (SSSR count). The molecule has 2 aromatic heterocycles. The van der Waals surface area contributed by atoms with E-state index in [0.29, 0.717) is 17.7 Å². The van der Waals surface area contributed by atoms with Gasteiger partial charge < -0.3 is 15.8 Å². The van der Waals surface area contributed by atoms with E-state index in [0.717, 1.165) is 37.2 Å². The summed E-state index contributed by atoms with van der Waals surface area (Å²) < 4.78 is 5.68. The van der Waals surface area contributed by atoms with Crippen LogP contribution in [0.25, 0.3) is 11.0 Å². The number of H-pyrrole nitrogens is 1. The third-order valence-corrected chi connectivity index (χ3v) is 3.61. The Bertz CT molecular complexity index is 568. The number of nitrogens with zero attached hydrogens (tertiary/aromatic N) is 3. The summed E-state index contributed by atoms with van der Waals surface area (Å²) in [5.41, 5.74) is 6.34. The average molecular weight is 262 g/mol. The molecule has 102 valence electrons. The molecular formula is C12H18N6O. The number of fused-ring (bicyclic) bond motifs is 1. The molecule has 7 nitrogen and oxygen atoms in total. The predicted molar refractivity (Wildman–Crippen MR) is 72.7 cm³/mol. The van der Waals surface area contributed by atoms with E-state index in [1.807, 2.05) is 0 Å². The molecule has 1 saturated heterocycles. The number of nitrogens with two attached hydrogens (primary N) is 1. The molecule has 2 aromatic rings. The van der Waals surface area contributed by atoms with Gasteiger partial charge in [-0.15, -0.1) is 0 Å². The first-order chi connectivity index (χ1) is 9.28. The molecule has 0 spiro atoms. The lowest BCUT2D eigenvalue weighted by atomic mass is 10.00. The van der Waals surface area contributed by atoms with Crippen LogP contribution >= 0.6 is 0 Å². The van der Waals surface area contributed by atoms with Crippen molar-refractivity contribution in [3.05, 3.63) is 6.20 Å². The fourth-order valence-corrected chi connectivity index (χ4v) is 2.59. The molecule has 0 radical (unpaired) electrons. The third-order valence-electron chi connectivity index (χ3n) is 3.61. The van der Waals surface area contributed by atoms with E-state index in [-0.39, 0.29) is 5.95 Å². The molecule has 0 aliphatic carbocycles. The van der Waals surface area contributed by atoms with Crippen molar-refractivity contribution in [2.45, 2.75) is 25.9 Å². The van der Waals surface area contributed by atoms with Gasteiger partial charge in [-0.3, -0.25) is 5.10 Å². The Hall–Kier alpha value is -1.89. The minimum Gasteiger partial charge on any atom is -0.378 e. The van der Waals surface area contributed by atoms with Crippen LogP contribution in [-0.2, 0) is 4.74 Å². The summed E-state index contributed by atoms with van der Waals surface area (Å²) in [5, 5.41) is 11.0. The lowest BCUT2D eigenvalue weighted by molar-refractivity contribution is 0.0900. The average Bonchev–Trinajstić information content (AvgIpc) is 3.03. The van der Waals surface area contributed by atoms with Crippen molar-refractivity contribution < 1.29 is 4.74 Å². The molecule has 2 atom stereocenters. The van der Waals surface area contributed by atoms with E-state index in [9.17, 15) is 0 Å². The van der Waals surface area contributed by atoms with Crippen LogP contribution in [-0.4, -0.2) is 39.4 Å². The molecule has 7 heteroatoms. The molecule has 0 amide bonds. The first-order valence-corrected chi connectivity index (χ1v) is 6.60. The van der Waals surface area contributed by atoms with Crippen LogP contribution in [0.4, 0.5) is 11.8 Å². The number of rotatable bonds is 4. The highest BCUT2D eigenvalue weighted by Crippen LogP contribution is 2.25. The predicted octanol–water partition coefficient (Wildman–Crippen LogP) is 1.16. The number of ether oxygens (including phenoxy) is 1. The number of nitrogens with one attached hydrogen (secondary N) is 2. The summed E-state index contributed by atoms with van der Waals surface area (Å²) in [4.78, 5) is 8.33. The second-order valence-electron chi connectivity index (χ2n) is 4.81. The first kappa shape index (κ1) is 12.2. The van der Waals surface area contributed by atoms with Crippen LogP contribution < -0.4 is 11.1 Å². The van der Waals surface area contributed by atoms with Gasteiger partial charge in [0, 0.05) is 19.1 Å². The van der Waals surface area contributed by atoms with Crippen LogP contribution in [0.2, 0.25) is 0 Å². The normalized spacial score (nSPS) is 23.0. The molecule has 1 aliphatic rings. The Morgan fingerprint density at radius 1 is 1.53 bits per heavy atom. The molecule has 2 unspecified atom stereocenters. The van der Waals surface area contributed by atoms with Crippen LogP contribution in [0, 0.1) is 5.92 Å². The third kappa shape index (κ3) is 2.33. The van der Waals surface area contributed by atoms with Crippen LogP contribution in [0.1, 0.15) is 19.8 Å². The van der Waals surface area contributed by atoms with E-state index in [1.165, 1.54) is 0 Å². The van der Waals surface area contributed by atoms with Gasteiger partial charge in [0.15, 0.2) is 5.65 Å². The van der Waals surface area contributed by atoms with Crippen molar-refractivity contribution in [1.29, 1.82) is 0 Å². The minimum atomic E-state index is 0.244. The summed E-state index contributed by atoms with van der Waals surface area (Å²) >= 11 is 0. The zero-order valence-electron chi connectivity index (χ0n) is 10.9. The zero-order valence-corrected chi connectivity index (χ0v) is 10.9. The van der Waals surface area contributed by atoms with Crippen molar-refractivity contribution in [1.82, 2.24) is 20.2 Å². The van der Waals surface area contributed by atoms with Crippen molar-refractivity contribution in [3.63, 3.8) is 0 Å². The molecule has 0 saturated carbocycles. The topological polar surface area (TPSA) is 102 Å². The standard InChI is InChI=1S/C12H18N6O/c1-2-9-7(3-4-19-9)5-14-10-8-6-15-18-11(8)17-12(13)16-10/h6-7,9H,2-5H2,1H3,(H4,13,14,15,16,17,18). The van der Waals surface area contributed by atoms with Gasteiger partial charge in [-0.1, -0.05) is 6.92 Å². The Morgan fingerprint density at radius 3 is 3.26 bits per heavy atom.